The van der Waals surface area contributed by atoms with Gasteiger partial charge in [-0.25, -0.2) is 0 Å². The topological polar surface area (TPSA) is 75.4 Å². The molecule has 1 aliphatic rings. The zero-order valence-corrected chi connectivity index (χ0v) is 14.7. The second-order valence-corrected chi connectivity index (χ2v) is 6.63. The van der Waals surface area contributed by atoms with Crippen LogP contribution < -0.4 is 11.1 Å². The molecule has 21 heavy (non-hydrogen) atoms. The largest absolute Gasteiger partial charge is 0.355 e. The molecule has 1 aromatic heterocycles. The van der Waals surface area contributed by atoms with Crippen LogP contribution >= 0.6 is 39.7 Å². The summed E-state index contributed by atoms with van der Waals surface area (Å²) < 4.78 is 0.917. The average molecular weight is 397 g/mol. The monoisotopic (exact) mass is 395 g/mol. The maximum Gasteiger partial charge on any atom is 0.263 e. The number of nitrogens with one attached hydrogen (secondary N) is 1. The number of thiophene rings is 1. The molecule has 1 saturated heterocycles. The van der Waals surface area contributed by atoms with Gasteiger partial charge in [-0.3, -0.25) is 9.59 Å². The number of likely N-dealkylation sites (tertiary alicyclic amines) is 1. The van der Waals surface area contributed by atoms with Crippen molar-refractivity contribution in [2.45, 2.75) is 12.8 Å². The van der Waals surface area contributed by atoms with Crippen molar-refractivity contribution in [3.05, 3.63) is 20.8 Å². The fourth-order valence-corrected chi connectivity index (χ4v) is 3.69. The Labute approximate surface area is 142 Å². The first-order chi connectivity index (χ1) is 9.61. The predicted molar refractivity (Wildman–Crippen MR) is 90.0 cm³/mol. The molecule has 0 aliphatic carbocycles. The van der Waals surface area contributed by atoms with Crippen molar-refractivity contribution in [1.82, 2.24) is 10.2 Å². The number of piperidine rings is 1. The van der Waals surface area contributed by atoms with E-state index in [4.69, 9.17) is 5.73 Å². The number of nitrogens with zero attached hydrogens (tertiary/aromatic N) is 1. The van der Waals surface area contributed by atoms with Crippen LogP contribution in [-0.2, 0) is 4.79 Å². The minimum absolute atomic E-state index is 0. The number of rotatable bonds is 4. The molecule has 1 unspecified atom stereocenters. The van der Waals surface area contributed by atoms with Crippen molar-refractivity contribution in [3.8, 4) is 0 Å². The molecule has 8 heteroatoms. The van der Waals surface area contributed by atoms with E-state index >= 15 is 0 Å². The molecular weight excluding hydrogens is 378 g/mol. The summed E-state index contributed by atoms with van der Waals surface area (Å²) in [5.41, 5.74) is 5.38. The molecule has 0 bridgehead atoms. The molecule has 1 fully saturated rings. The van der Waals surface area contributed by atoms with E-state index in [-0.39, 0.29) is 30.1 Å². The molecule has 0 saturated carbocycles. The van der Waals surface area contributed by atoms with E-state index < -0.39 is 0 Å². The van der Waals surface area contributed by atoms with E-state index in [1.165, 1.54) is 11.3 Å². The Morgan fingerprint density at radius 2 is 2.29 bits per heavy atom. The van der Waals surface area contributed by atoms with Gasteiger partial charge in [0.15, 0.2) is 0 Å². The fourth-order valence-electron chi connectivity index (χ4n) is 2.30. The lowest BCUT2D eigenvalue weighted by Crippen LogP contribution is -2.46. The molecule has 1 atom stereocenters. The molecule has 3 N–H and O–H groups in total. The van der Waals surface area contributed by atoms with E-state index in [0.29, 0.717) is 24.5 Å². The van der Waals surface area contributed by atoms with Crippen molar-refractivity contribution >= 4 is 51.5 Å². The number of hydrogen-bond donors (Lipinski definition) is 2. The van der Waals surface area contributed by atoms with Crippen molar-refractivity contribution in [2.75, 3.05) is 26.2 Å². The third kappa shape index (κ3) is 4.95. The number of carbonyl (C=O) groups is 2. The number of nitrogens with two attached hydrogens (primary N) is 1. The summed E-state index contributed by atoms with van der Waals surface area (Å²) in [5.74, 6) is -0.111. The Morgan fingerprint density at radius 1 is 1.52 bits per heavy atom. The smallest absolute Gasteiger partial charge is 0.263 e. The summed E-state index contributed by atoms with van der Waals surface area (Å²) >= 11 is 4.77. The number of halogens is 2. The summed E-state index contributed by atoms with van der Waals surface area (Å²) in [6.07, 6.45) is 1.69. The third-order valence-electron chi connectivity index (χ3n) is 3.30. The normalized spacial score (nSPS) is 18.0. The number of hydrogen-bond acceptors (Lipinski definition) is 4. The average Bonchev–Trinajstić information content (AvgIpc) is 2.90. The lowest BCUT2D eigenvalue weighted by Gasteiger charge is -2.31. The lowest BCUT2D eigenvalue weighted by atomic mass is 9.97. The van der Waals surface area contributed by atoms with Crippen molar-refractivity contribution < 1.29 is 9.59 Å². The third-order valence-corrected chi connectivity index (χ3v) is 4.98. The van der Waals surface area contributed by atoms with Crippen LogP contribution in [0.1, 0.15) is 22.5 Å². The van der Waals surface area contributed by atoms with Crippen LogP contribution in [-0.4, -0.2) is 42.9 Å². The molecule has 118 valence electrons. The summed E-state index contributed by atoms with van der Waals surface area (Å²) in [4.78, 5) is 26.8. The van der Waals surface area contributed by atoms with Gasteiger partial charge in [0.05, 0.1) is 10.8 Å². The number of carbonyl (C=O) groups excluding carboxylic acids is 2. The quantitative estimate of drug-likeness (QED) is 0.815. The van der Waals surface area contributed by atoms with Gasteiger partial charge in [0.2, 0.25) is 5.91 Å². The molecule has 0 aromatic carbocycles. The van der Waals surface area contributed by atoms with E-state index in [1.54, 1.807) is 4.90 Å². The molecule has 2 heterocycles. The molecular formula is C13H19BrClN3O2S. The first kappa shape index (κ1) is 18.4. The number of amides is 2. The fraction of sp³-hybridized carbons (Fsp3) is 0.538. The van der Waals surface area contributed by atoms with Gasteiger partial charge in [-0.05, 0) is 34.8 Å². The van der Waals surface area contributed by atoms with Gasteiger partial charge in [-0.1, -0.05) is 0 Å². The Hall–Kier alpha value is -0.630. The van der Waals surface area contributed by atoms with Crippen LogP contribution in [0.4, 0.5) is 0 Å². The van der Waals surface area contributed by atoms with Crippen molar-refractivity contribution in [2.24, 2.45) is 11.7 Å². The highest BCUT2D eigenvalue weighted by atomic mass is 79.9. The molecule has 5 nitrogen and oxygen atoms in total. The first-order valence-electron chi connectivity index (χ1n) is 6.63. The second-order valence-electron chi connectivity index (χ2n) is 4.80. The van der Waals surface area contributed by atoms with Crippen LogP contribution in [0.15, 0.2) is 15.9 Å². The van der Waals surface area contributed by atoms with Gasteiger partial charge >= 0.3 is 0 Å². The zero-order chi connectivity index (χ0) is 14.5. The zero-order valence-electron chi connectivity index (χ0n) is 11.5. The van der Waals surface area contributed by atoms with Crippen LogP contribution in [0, 0.1) is 5.92 Å². The van der Waals surface area contributed by atoms with E-state index in [9.17, 15) is 9.59 Å². The van der Waals surface area contributed by atoms with E-state index in [1.807, 2.05) is 11.4 Å². The molecule has 2 amide bonds. The lowest BCUT2D eigenvalue weighted by molar-refractivity contribution is -0.126. The van der Waals surface area contributed by atoms with Gasteiger partial charge in [0.1, 0.15) is 0 Å². The highest BCUT2D eigenvalue weighted by Gasteiger charge is 2.29. The maximum absolute atomic E-state index is 12.4. The molecule has 0 radical (unpaired) electrons. The second kappa shape index (κ2) is 8.73. The minimum Gasteiger partial charge on any atom is -0.355 e. The Morgan fingerprint density at radius 3 is 2.90 bits per heavy atom. The highest BCUT2D eigenvalue weighted by molar-refractivity contribution is 9.10. The SMILES string of the molecule is Cl.NCCNC(=O)C1CCCN(C(=O)c2cc(Br)cs2)C1. The van der Waals surface area contributed by atoms with Crippen LogP contribution in [0.3, 0.4) is 0 Å². The van der Waals surface area contributed by atoms with Crippen molar-refractivity contribution in [3.63, 3.8) is 0 Å². The van der Waals surface area contributed by atoms with Crippen LogP contribution in [0.25, 0.3) is 0 Å². The Balaban J connectivity index is 0.00000220. The van der Waals surface area contributed by atoms with E-state index in [2.05, 4.69) is 21.2 Å². The van der Waals surface area contributed by atoms with Gasteiger partial charge in [0.25, 0.3) is 5.91 Å². The van der Waals surface area contributed by atoms with E-state index in [0.717, 1.165) is 23.9 Å². The Kier molecular flexibility index (Phi) is 7.65. The maximum atomic E-state index is 12.4. The van der Waals surface area contributed by atoms with Gasteiger partial charge in [0, 0.05) is 36.0 Å². The summed E-state index contributed by atoms with van der Waals surface area (Å²) in [6.45, 7) is 2.13. The first-order valence-corrected chi connectivity index (χ1v) is 8.30. The molecule has 2 rings (SSSR count). The van der Waals surface area contributed by atoms with Gasteiger partial charge in [-0.15, -0.1) is 23.7 Å². The predicted octanol–water partition coefficient (Wildman–Crippen LogP) is 1.86. The standard InChI is InChI=1S/C13H18BrN3O2S.ClH/c14-10-6-11(20-8-10)13(19)17-5-1-2-9(7-17)12(18)16-4-3-15;/h6,8-9H,1-5,7,15H2,(H,16,18);1H. The summed E-state index contributed by atoms with van der Waals surface area (Å²) in [5, 5.41) is 4.69. The van der Waals surface area contributed by atoms with Gasteiger partial charge < -0.3 is 16.0 Å². The van der Waals surface area contributed by atoms with Crippen molar-refractivity contribution in [1.29, 1.82) is 0 Å². The molecule has 1 aromatic rings. The summed E-state index contributed by atoms with van der Waals surface area (Å²) in [6, 6.07) is 1.82. The van der Waals surface area contributed by atoms with Crippen LogP contribution in [0.5, 0.6) is 0 Å². The molecule has 1 aliphatic heterocycles. The highest BCUT2D eigenvalue weighted by Crippen LogP contribution is 2.24. The van der Waals surface area contributed by atoms with Crippen LogP contribution in [0.2, 0.25) is 0 Å². The van der Waals surface area contributed by atoms with Gasteiger partial charge in [-0.2, -0.15) is 0 Å². The summed E-state index contributed by atoms with van der Waals surface area (Å²) in [7, 11) is 0. The minimum atomic E-state index is -0.123. The Bertz CT molecular complexity index is 498. The molecule has 0 spiro atoms.